The van der Waals surface area contributed by atoms with Crippen LogP contribution in [-0.2, 0) is 9.59 Å². The Morgan fingerprint density at radius 3 is 2.60 bits per heavy atom. The van der Waals surface area contributed by atoms with Crippen molar-refractivity contribution in [1.82, 2.24) is 4.90 Å². The van der Waals surface area contributed by atoms with Crippen LogP contribution in [-0.4, -0.2) is 42.5 Å². The third-order valence-electron chi connectivity index (χ3n) is 5.55. The predicted octanol–water partition coefficient (Wildman–Crippen LogP) is 3.23. The summed E-state index contributed by atoms with van der Waals surface area (Å²) < 4.78 is 5.65. The van der Waals surface area contributed by atoms with Gasteiger partial charge in [0.05, 0.1) is 5.69 Å². The summed E-state index contributed by atoms with van der Waals surface area (Å²) in [5, 5.41) is 0. The molecule has 1 aliphatic carbocycles. The number of anilines is 1. The van der Waals surface area contributed by atoms with Gasteiger partial charge in [-0.25, -0.2) is 0 Å². The molecule has 5 heteroatoms. The normalized spacial score (nSPS) is 26.0. The van der Waals surface area contributed by atoms with E-state index < -0.39 is 6.10 Å². The van der Waals surface area contributed by atoms with Crippen LogP contribution >= 0.6 is 0 Å². The smallest absolute Gasteiger partial charge is 0.267 e. The summed E-state index contributed by atoms with van der Waals surface area (Å²) in [5.41, 5.74) is 0.757. The van der Waals surface area contributed by atoms with E-state index in [0.29, 0.717) is 24.8 Å². The zero-order valence-electron chi connectivity index (χ0n) is 15.4. The Labute approximate surface area is 149 Å². The molecule has 3 rings (SSSR count). The van der Waals surface area contributed by atoms with Crippen molar-refractivity contribution in [3.05, 3.63) is 24.3 Å². The molecule has 1 aromatic carbocycles. The zero-order valence-corrected chi connectivity index (χ0v) is 15.4. The van der Waals surface area contributed by atoms with Crippen LogP contribution in [0.25, 0.3) is 0 Å². The second kappa shape index (κ2) is 7.46. The molecular formula is C20H28N2O3. The van der Waals surface area contributed by atoms with Crippen molar-refractivity contribution in [2.75, 3.05) is 18.5 Å². The van der Waals surface area contributed by atoms with Crippen LogP contribution in [0.15, 0.2) is 24.3 Å². The quantitative estimate of drug-likeness (QED) is 0.842. The molecule has 1 heterocycles. The molecule has 2 amide bonds. The summed E-state index contributed by atoms with van der Waals surface area (Å²) in [6.45, 7) is 4.43. The van der Waals surface area contributed by atoms with E-state index in [1.807, 2.05) is 36.2 Å². The Kier molecular flexibility index (Phi) is 5.30. The molecule has 0 bridgehead atoms. The molecule has 5 nitrogen and oxygen atoms in total. The molecular weight excluding hydrogens is 316 g/mol. The van der Waals surface area contributed by atoms with Crippen LogP contribution in [0.4, 0.5) is 5.69 Å². The SMILES string of the molecule is CC1CCC(N(C)C(=O)CCN2C(=O)C(C)Oc3ccccc32)CC1. The highest BCUT2D eigenvalue weighted by atomic mass is 16.5. The largest absolute Gasteiger partial charge is 0.479 e. The molecule has 1 fully saturated rings. The maximum Gasteiger partial charge on any atom is 0.267 e. The van der Waals surface area contributed by atoms with Gasteiger partial charge in [-0.15, -0.1) is 0 Å². The average molecular weight is 344 g/mol. The average Bonchev–Trinajstić information content (AvgIpc) is 2.62. The lowest BCUT2D eigenvalue weighted by molar-refractivity contribution is -0.132. The maximum absolute atomic E-state index is 12.6. The summed E-state index contributed by atoms with van der Waals surface area (Å²) in [6.07, 6.45) is 4.38. The summed E-state index contributed by atoms with van der Waals surface area (Å²) in [5.74, 6) is 1.50. The van der Waals surface area contributed by atoms with Crippen molar-refractivity contribution in [3.8, 4) is 5.75 Å². The van der Waals surface area contributed by atoms with Gasteiger partial charge in [-0.1, -0.05) is 19.1 Å². The second-order valence-electron chi connectivity index (χ2n) is 7.39. The Morgan fingerprint density at radius 1 is 1.20 bits per heavy atom. The molecule has 1 atom stereocenters. The van der Waals surface area contributed by atoms with Crippen molar-refractivity contribution in [1.29, 1.82) is 0 Å². The number of hydrogen-bond donors (Lipinski definition) is 0. The van der Waals surface area contributed by atoms with Crippen molar-refractivity contribution in [2.24, 2.45) is 5.92 Å². The van der Waals surface area contributed by atoms with E-state index >= 15 is 0 Å². The minimum atomic E-state index is -0.512. The van der Waals surface area contributed by atoms with Gasteiger partial charge in [-0.3, -0.25) is 9.59 Å². The Morgan fingerprint density at radius 2 is 1.88 bits per heavy atom. The number of fused-ring (bicyclic) bond motifs is 1. The standard InChI is InChI=1S/C20H28N2O3/c1-14-8-10-16(11-9-14)21(3)19(23)12-13-22-17-6-4-5-7-18(17)25-15(2)20(22)24/h4-7,14-16H,8-13H2,1-3H3. The van der Waals surface area contributed by atoms with Crippen molar-refractivity contribution in [2.45, 2.75) is 58.1 Å². The van der Waals surface area contributed by atoms with Gasteiger partial charge in [0, 0.05) is 26.1 Å². The van der Waals surface area contributed by atoms with E-state index in [1.165, 1.54) is 12.8 Å². The summed E-state index contributed by atoms with van der Waals surface area (Å²) in [4.78, 5) is 28.7. The molecule has 2 aliphatic rings. The van der Waals surface area contributed by atoms with Gasteiger partial charge in [0.15, 0.2) is 6.10 Å². The monoisotopic (exact) mass is 344 g/mol. The first-order chi connectivity index (χ1) is 12.0. The van der Waals surface area contributed by atoms with Crippen molar-refractivity contribution in [3.63, 3.8) is 0 Å². The Balaban J connectivity index is 1.62. The molecule has 136 valence electrons. The van der Waals surface area contributed by atoms with E-state index in [0.717, 1.165) is 24.4 Å². The van der Waals surface area contributed by atoms with E-state index in [2.05, 4.69) is 6.92 Å². The number of para-hydroxylation sites is 2. The van der Waals surface area contributed by atoms with Gasteiger partial charge >= 0.3 is 0 Å². The topological polar surface area (TPSA) is 49.9 Å². The van der Waals surface area contributed by atoms with Gasteiger partial charge in [0.2, 0.25) is 5.91 Å². The maximum atomic E-state index is 12.6. The number of nitrogens with zero attached hydrogens (tertiary/aromatic N) is 2. The van der Waals surface area contributed by atoms with Crippen LogP contribution in [0.5, 0.6) is 5.75 Å². The molecule has 0 N–H and O–H groups in total. The fraction of sp³-hybridized carbons (Fsp3) is 0.600. The van der Waals surface area contributed by atoms with E-state index in [9.17, 15) is 9.59 Å². The first kappa shape index (κ1) is 17.8. The van der Waals surface area contributed by atoms with E-state index in [4.69, 9.17) is 4.74 Å². The lowest BCUT2D eigenvalue weighted by Gasteiger charge is -2.35. The van der Waals surface area contributed by atoms with Crippen LogP contribution in [0, 0.1) is 5.92 Å². The van der Waals surface area contributed by atoms with Crippen molar-refractivity contribution >= 4 is 17.5 Å². The third kappa shape index (κ3) is 3.80. The molecule has 0 aromatic heterocycles. The number of rotatable bonds is 4. The zero-order chi connectivity index (χ0) is 18.0. The van der Waals surface area contributed by atoms with Crippen LogP contribution in [0.2, 0.25) is 0 Å². The molecule has 0 radical (unpaired) electrons. The third-order valence-corrected chi connectivity index (χ3v) is 5.55. The lowest BCUT2D eigenvalue weighted by Crippen LogP contribution is -2.46. The molecule has 1 saturated carbocycles. The van der Waals surface area contributed by atoms with Crippen LogP contribution in [0.3, 0.4) is 0 Å². The van der Waals surface area contributed by atoms with Gasteiger partial charge in [-0.2, -0.15) is 0 Å². The molecule has 1 aromatic rings. The second-order valence-corrected chi connectivity index (χ2v) is 7.39. The molecule has 0 saturated heterocycles. The number of amides is 2. The number of hydrogen-bond acceptors (Lipinski definition) is 3. The Hall–Kier alpha value is -2.04. The fourth-order valence-electron chi connectivity index (χ4n) is 3.81. The number of ether oxygens (including phenoxy) is 1. The van der Waals surface area contributed by atoms with Gasteiger partial charge in [-0.05, 0) is 50.7 Å². The molecule has 1 aliphatic heterocycles. The van der Waals surface area contributed by atoms with Crippen LogP contribution in [0.1, 0.15) is 46.0 Å². The highest BCUT2D eigenvalue weighted by Gasteiger charge is 2.32. The number of carbonyl (C=O) groups excluding carboxylic acids is 2. The van der Waals surface area contributed by atoms with Crippen molar-refractivity contribution < 1.29 is 14.3 Å². The molecule has 1 unspecified atom stereocenters. The van der Waals surface area contributed by atoms with Crippen LogP contribution < -0.4 is 9.64 Å². The first-order valence-corrected chi connectivity index (χ1v) is 9.30. The molecule has 0 spiro atoms. The van der Waals surface area contributed by atoms with Gasteiger partial charge < -0.3 is 14.5 Å². The van der Waals surface area contributed by atoms with E-state index in [-0.39, 0.29) is 11.8 Å². The summed E-state index contributed by atoms with van der Waals surface area (Å²) in [7, 11) is 1.90. The Bertz CT molecular complexity index is 638. The number of carbonyl (C=O) groups is 2. The highest BCUT2D eigenvalue weighted by molar-refractivity contribution is 6.00. The number of benzene rings is 1. The highest BCUT2D eigenvalue weighted by Crippen LogP contribution is 2.34. The van der Waals surface area contributed by atoms with Gasteiger partial charge in [0.1, 0.15) is 5.75 Å². The lowest BCUT2D eigenvalue weighted by atomic mass is 9.86. The minimum Gasteiger partial charge on any atom is -0.479 e. The van der Waals surface area contributed by atoms with Gasteiger partial charge in [0.25, 0.3) is 5.91 Å². The summed E-state index contributed by atoms with van der Waals surface area (Å²) in [6, 6.07) is 7.85. The predicted molar refractivity (Wildman–Crippen MR) is 97.7 cm³/mol. The minimum absolute atomic E-state index is 0.0827. The summed E-state index contributed by atoms with van der Waals surface area (Å²) >= 11 is 0. The first-order valence-electron chi connectivity index (χ1n) is 9.30. The molecule has 25 heavy (non-hydrogen) atoms. The fourth-order valence-corrected chi connectivity index (χ4v) is 3.81. The van der Waals surface area contributed by atoms with E-state index in [1.54, 1.807) is 11.8 Å².